The van der Waals surface area contributed by atoms with Gasteiger partial charge in [0.2, 0.25) is 0 Å². The number of hydrogen-bond donors (Lipinski definition) is 2. The fourth-order valence-corrected chi connectivity index (χ4v) is 1.75. The van der Waals surface area contributed by atoms with E-state index in [9.17, 15) is 14.0 Å². The van der Waals surface area contributed by atoms with Crippen LogP contribution in [0.2, 0.25) is 0 Å². The van der Waals surface area contributed by atoms with Gasteiger partial charge in [-0.05, 0) is 31.0 Å². The highest BCUT2D eigenvalue weighted by atomic mass is 19.1. The second-order valence-electron chi connectivity index (χ2n) is 3.99. The summed E-state index contributed by atoms with van der Waals surface area (Å²) in [5.74, 6) is -2.30. The van der Waals surface area contributed by atoms with E-state index >= 15 is 0 Å². The molecule has 1 aromatic carbocycles. The molecular weight excluding hydrogens is 241 g/mol. The molecule has 1 aromatic rings. The molecule has 1 heterocycles. The van der Waals surface area contributed by atoms with Crippen molar-refractivity contribution >= 4 is 17.6 Å². The van der Waals surface area contributed by atoms with Crippen LogP contribution < -0.4 is 5.32 Å². The third-order valence-electron chi connectivity index (χ3n) is 2.69. The summed E-state index contributed by atoms with van der Waals surface area (Å²) in [5.41, 5.74) is -0.227. The zero-order valence-corrected chi connectivity index (χ0v) is 9.48. The van der Waals surface area contributed by atoms with E-state index in [-0.39, 0.29) is 11.3 Å². The molecule has 96 valence electrons. The maximum absolute atomic E-state index is 13.4. The highest BCUT2D eigenvalue weighted by Gasteiger charge is 2.24. The number of hydrogen-bond acceptors (Lipinski definition) is 3. The van der Waals surface area contributed by atoms with Crippen molar-refractivity contribution < 1.29 is 23.8 Å². The Morgan fingerprint density at radius 1 is 1.44 bits per heavy atom. The number of halogens is 1. The predicted molar refractivity (Wildman–Crippen MR) is 61.0 cm³/mol. The van der Waals surface area contributed by atoms with Gasteiger partial charge in [0.05, 0.1) is 11.3 Å². The van der Waals surface area contributed by atoms with Crippen LogP contribution in [0.3, 0.4) is 0 Å². The maximum atomic E-state index is 13.4. The number of rotatable bonds is 3. The van der Waals surface area contributed by atoms with Crippen LogP contribution in [0.1, 0.15) is 23.2 Å². The maximum Gasteiger partial charge on any atom is 0.335 e. The molecule has 1 amide bonds. The molecule has 0 bridgehead atoms. The fourth-order valence-electron chi connectivity index (χ4n) is 1.75. The molecule has 0 aromatic heterocycles. The van der Waals surface area contributed by atoms with Crippen LogP contribution in [0.5, 0.6) is 0 Å². The van der Waals surface area contributed by atoms with Crippen LogP contribution in [-0.4, -0.2) is 29.7 Å². The normalized spacial score (nSPS) is 18.6. The Bertz CT molecular complexity index is 483. The third-order valence-corrected chi connectivity index (χ3v) is 2.69. The quantitative estimate of drug-likeness (QED) is 0.858. The summed E-state index contributed by atoms with van der Waals surface area (Å²) >= 11 is 0. The van der Waals surface area contributed by atoms with Gasteiger partial charge >= 0.3 is 5.97 Å². The van der Waals surface area contributed by atoms with Crippen molar-refractivity contribution in [3.63, 3.8) is 0 Å². The van der Waals surface area contributed by atoms with E-state index < -0.39 is 23.8 Å². The topological polar surface area (TPSA) is 75.6 Å². The van der Waals surface area contributed by atoms with Crippen molar-refractivity contribution in [1.82, 2.24) is 0 Å². The van der Waals surface area contributed by atoms with Crippen LogP contribution in [0.15, 0.2) is 18.2 Å². The number of carboxylic acids is 1. The zero-order valence-electron chi connectivity index (χ0n) is 9.48. The number of aromatic carboxylic acids is 1. The first-order valence-corrected chi connectivity index (χ1v) is 5.53. The molecular formula is C12H12FNO4. The van der Waals surface area contributed by atoms with Crippen LogP contribution in [0.25, 0.3) is 0 Å². The number of benzene rings is 1. The molecule has 0 aliphatic carbocycles. The van der Waals surface area contributed by atoms with Gasteiger partial charge in [-0.25, -0.2) is 9.18 Å². The van der Waals surface area contributed by atoms with Crippen molar-refractivity contribution in [2.75, 3.05) is 11.9 Å². The van der Waals surface area contributed by atoms with Gasteiger partial charge in [-0.2, -0.15) is 0 Å². The molecule has 6 heteroatoms. The van der Waals surface area contributed by atoms with Crippen LogP contribution in [0.4, 0.5) is 10.1 Å². The summed E-state index contributed by atoms with van der Waals surface area (Å²) in [6, 6.07) is 3.23. The summed E-state index contributed by atoms with van der Waals surface area (Å²) in [5, 5.41) is 11.1. The Morgan fingerprint density at radius 3 is 2.83 bits per heavy atom. The SMILES string of the molecule is O=C(O)c1ccc(F)c(NC(=O)[C@H]2CCCO2)c1. The monoisotopic (exact) mass is 253 g/mol. The smallest absolute Gasteiger partial charge is 0.335 e. The number of carbonyl (C=O) groups is 2. The van der Waals surface area contributed by atoms with Gasteiger partial charge < -0.3 is 15.2 Å². The minimum atomic E-state index is -1.18. The van der Waals surface area contributed by atoms with E-state index in [1.54, 1.807) is 0 Å². The highest BCUT2D eigenvalue weighted by molar-refractivity contribution is 5.96. The van der Waals surface area contributed by atoms with Crippen molar-refractivity contribution in [3.05, 3.63) is 29.6 Å². The Labute approximate surface area is 103 Å². The van der Waals surface area contributed by atoms with Crippen molar-refractivity contribution in [2.24, 2.45) is 0 Å². The second kappa shape index (κ2) is 5.14. The van der Waals surface area contributed by atoms with Gasteiger partial charge in [0.25, 0.3) is 5.91 Å². The molecule has 1 fully saturated rings. The number of ether oxygens (including phenoxy) is 1. The van der Waals surface area contributed by atoms with E-state index in [4.69, 9.17) is 9.84 Å². The summed E-state index contributed by atoms with van der Waals surface area (Å²) in [4.78, 5) is 22.4. The minimum Gasteiger partial charge on any atom is -0.478 e. The average Bonchev–Trinajstić information content (AvgIpc) is 2.85. The molecule has 2 rings (SSSR count). The number of amides is 1. The Hall–Kier alpha value is -1.95. The van der Waals surface area contributed by atoms with Crippen LogP contribution >= 0.6 is 0 Å². The lowest BCUT2D eigenvalue weighted by molar-refractivity contribution is -0.124. The summed E-state index contributed by atoms with van der Waals surface area (Å²) in [6.07, 6.45) is 0.792. The number of anilines is 1. The molecule has 1 aliphatic heterocycles. The van der Waals surface area contributed by atoms with Crippen LogP contribution in [0, 0.1) is 5.82 Å². The van der Waals surface area contributed by atoms with Crippen molar-refractivity contribution in [1.29, 1.82) is 0 Å². The lowest BCUT2D eigenvalue weighted by atomic mass is 10.1. The number of nitrogens with one attached hydrogen (secondary N) is 1. The van der Waals surface area contributed by atoms with Gasteiger partial charge in [0, 0.05) is 6.61 Å². The molecule has 0 unspecified atom stereocenters. The lowest BCUT2D eigenvalue weighted by Crippen LogP contribution is -2.27. The molecule has 1 aliphatic rings. The van der Waals surface area contributed by atoms with Gasteiger partial charge in [-0.1, -0.05) is 0 Å². The molecule has 2 N–H and O–H groups in total. The minimum absolute atomic E-state index is 0.0842. The third kappa shape index (κ3) is 2.65. The zero-order chi connectivity index (χ0) is 13.1. The molecule has 1 saturated heterocycles. The molecule has 0 spiro atoms. The lowest BCUT2D eigenvalue weighted by Gasteiger charge is -2.11. The first-order chi connectivity index (χ1) is 8.58. The molecule has 5 nitrogen and oxygen atoms in total. The Morgan fingerprint density at radius 2 is 2.22 bits per heavy atom. The van der Waals surface area contributed by atoms with Gasteiger partial charge in [0.1, 0.15) is 11.9 Å². The highest BCUT2D eigenvalue weighted by Crippen LogP contribution is 2.19. The molecule has 18 heavy (non-hydrogen) atoms. The average molecular weight is 253 g/mol. The first-order valence-electron chi connectivity index (χ1n) is 5.53. The van der Waals surface area contributed by atoms with E-state index in [1.807, 2.05) is 0 Å². The number of carbonyl (C=O) groups excluding carboxylic acids is 1. The molecule has 0 saturated carbocycles. The first kappa shape index (κ1) is 12.5. The van der Waals surface area contributed by atoms with Crippen molar-refractivity contribution in [3.8, 4) is 0 Å². The summed E-state index contributed by atoms with van der Waals surface area (Å²) < 4.78 is 18.6. The predicted octanol–water partition coefficient (Wildman–Crippen LogP) is 1.64. The van der Waals surface area contributed by atoms with Crippen molar-refractivity contribution in [2.45, 2.75) is 18.9 Å². The van der Waals surface area contributed by atoms with E-state index in [0.29, 0.717) is 13.0 Å². The Balaban J connectivity index is 2.14. The summed E-state index contributed by atoms with van der Waals surface area (Å²) in [6.45, 7) is 0.510. The standard InChI is InChI=1S/C12H12FNO4/c13-8-4-3-7(12(16)17)6-9(8)14-11(15)10-2-1-5-18-10/h3-4,6,10H,1-2,5H2,(H,14,15)(H,16,17)/t10-/m1/s1. The van der Waals surface area contributed by atoms with E-state index in [0.717, 1.165) is 24.6 Å². The van der Waals surface area contributed by atoms with Gasteiger partial charge in [0.15, 0.2) is 0 Å². The largest absolute Gasteiger partial charge is 0.478 e. The Kier molecular flexibility index (Phi) is 3.57. The summed E-state index contributed by atoms with van der Waals surface area (Å²) in [7, 11) is 0. The van der Waals surface area contributed by atoms with Crippen LogP contribution in [-0.2, 0) is 9.53 Å². The van der Waals surface area contributed by atoms with E-state index in [2.05, 4.69) is 5.32 Å². The van der Waals surface area contributed by atoms with Gasteiger partial charge in [-0.3, -0.25) is 4.79 Å². The van der Waals surface area contributed by atoms with E-state index in [1.165, 1.54) is 0 Å². The fraction of sp³-hybridized carbons (Fsp3) is 0.333. The second-order valence-corrected chi connectivity index (χ2v) is 3.99. The molecule has 0 radical (unpaired) electrons. The molecule has 1 atom stereocenters. The van der Waals surface area contributed by atoms with Gasteiger partial charge in [-0.15, -0.1) is 0 Å². The number of carboxylic acid groups (broad SMARTS) is 1.